The zero-order valence-electron chi connectivity index (χ0n) is 10.5. The Bertz CT molecular complexity index is 198. The van der Waals surface area contributed by atoms with Crippen LogP contribution >= 0.6 is 0 Å². The minimum atomic E-state index is -1.55. The first-order valence-electron chi connectivity index (χ1n) is 5.65. The third-order valence-electron chi connectivity index (χ3n) is 3.71. The van der Waals surface area contributed by atoms with Crippen molar-refractivity contribution in [2.45, 2.75) is 64.4 Å². The van der Waals surface area contributed by atoms with Gasteiger partial charge in [-0.3, -0.25) is 0 Å². The number of rotatable bonds is 2. The van der Waals surface area contributed by atoms with Gasteiger partial charge in [0.25, 0.3) is 0 Å². The molecule has 1 saturated heterocycles. The topological polar surface area (TPSA) is 21.3 Å². The maximum atomic E-state index is 6.35. The van der Waals surface area contributed by atoms with Gasteiger partial charge >= 0.3 is 0 Å². The van der Waals surface area contributed by atoms with Gasteiger partial charge in [0.15, 0.2) is 8.32 Å². The van der Waals surface area contributed by atoms with Crippen LogP contribution in [0.4, 0.5) is 0 Å². The van der Waals surface area contributed by atoms with E-state index in [-0.39, 0.29) is 0 Å². The van der Waals surface area contributed by atoms with Gasteiger partial charge in [-0.2, -0.15) is 0 Å². The van der Waals surface area contributed by atoms with E-state index in [2.05, 4.69) is 46.1 Å². The molecule has 0 aromatic heterocycles. The van der Waals surface area contributed by atoms with Gasteiger partial charge in [0.1, 0.15) is 0 Å². The lowest BCUT2D eigenvalue weighted by Crippen LogP contribution is -2.46. The third kappa shape index (κ3) is 2.58. The molecular formula is C11H25NOSi. The van der Waals surface area contributed by atoms with E-state index >= 15 is 0 Å². The van der Waals surface area contributed by atoms with Gasteiger partial charge in [-0.25, -0.2) is 0 Å². The highest BCUT2D eigenvalue weighted by Crippen LogP contribution is 2.38. The first-order chi connectivity index (χ1) is 6.24. The summed E-state index contributed by atoms with van der Waals surface area (Å²) in [4.78, 5) is 0. The number of nitrogens with one attached hydrogen (secondary N) is 1. The summed E-state index contributed by atoms with van der Waals surface area (Å²) in [6.45, 7) is 14.9. The fourth-order valence-electron chi connectivity index (χ4n) is 1.55. The Morgan fingerprint density at radius 1 is 1.29 bits per heavy atom. The predicted octanol–water partition coefficient (Wildman–Crippen LogP) is 2.76. The van der Waals surface area contributed by atoms with Crippen molar-refractivity contribution >= 4 is 8.32 Å². The molecule has 2 nitrogen and oxygen atoms in total. The Balaban J connectivity index is 2.58. The Morgan fingerprint density at radius 2 is 1.86 bits per heavy atom. The quantitative estimate of drug-likeness (QED) is 0.715. The van der Waals surface area contributed by atoms with E-state index in [0.29, 0.717) is 17.2 Å². The number of hydrogen-bond acceptors (Lipinski definition) is 2. The van der Waals surface area contributed by atoms with Crippen LogP contribution in [0.2, 0.25) is 18.1 Å². The van der Waals surface area contributed by atoms with Crippen LogP contribution in [0.5, 0.6) is 0 Å². The molecule has 1 rings (SSSR count). The van der Waals surface area contributed by atoms with Crippen molar-refractivity contribution in [2.24, 2.45) is 0 Å². The zero-order chi connectivity index (χ0) is 11.0. The SMILES string of the molecule is CC1NCCC1O[Si](C)(C)C(C)(C)C. The lowest BCUT2D eigenvalue weighted by molar-refractivity contribution is 0.172. The second-order valence-corrected chi connectivity index (χ2v) is 10.7. The molecule has 0 aromatic carbocycles. The van der Waals surface area contributed by atoms with E-state index < -0.39 is 8.32 Å². The zero-order valence-corrected chi connectivity index (χ0v) is 11.5. The molecule has 0 aromatic rings. The normalized spacial score (nSPS) is 29.6. The van der Waals surface area contributed by atoms with E-state index in [1.54, 1.807) is 0 Å². The van der Waals surface area contributed by atoms with Crippen molar-refractivity contribution in [1.82, 2.24) is 5.32 Å². The highest BCUT2D eigenvalue weighted by atomic mass is 28.4. The summed E-state index contributed by atoms with van der Waals surface area (Å²) in [6.07, 6.45) is 1.61. The van der Waals surface area contributed by atoms with Crippen LogP contribution in [0.1, 0.15) is 34.1 Å². The fourth-order valence-corrected chi connectivity index (χ4v) is 2.98. The molecule has 0 amide bonds. The highest BCUT2D eigenvalue weighted by Gasteiger charge is 2.40. The van der Waals surface area contributed by atoms with Crippen LogP contribution in [-0.4, -0.2) is 27.0 Å². The average molecular weight is 215 g/mol. The molecular weight excluding hydrogens is 190 g/mol. The second-order valence-electron chi connectivity index (χ2n) is 5.95. The molecule has 0 aliphatic carbocycles. The first-order valence-corrected chi connectivity index (χ1v) is 8.56. The molecule has 0 radical (unpaired) electrons. The van der Waals surface area contributed by atoms with Gasteiger partial charge in [0.05, 0.1) is 6.10 Å². The van der Waals surface area contributed by atoms with Gasteiger partial charge in [-0.05, 0) is 38.0 Å². The first kappa shape index (κ1) is 12.2. The molecule has 1 fully saturated rings. The largest absolute Gasteiger partial charge is 0.412 e. The Kier molecular flexibility index (Phi) is 3.44. The summed E-state index contributed by atoms with van der Waals surface area (Å²) < 4.78 is 6.35. The van der Waals surface area contributed by atoms with E-state index in [9.17, 15) is 0 Å². The van der Waals surface area contributed by atoms with E-state index in [0.717, 1.165) is 6.54 Å². The molecule has 0 bridgehead atoms. The molecule has 2 unspecified atom stereocenters. The van der Waals surface area contributed by atoms with Crippen molar-refractivity contribution in [3.8, 4) is 0 Å². The molecule has 2 atom stereocenters. The number of hydrogen-bond donors (Lipinski definition) is 1. The molecule has 1 aliphatic rings. The van der Waals surface area contributed by atoms with E-state index in [1.165, 1.54) is 6.42 Å². The van der Waals surface area contributed by atoms with Crippen molar-refractivity contribution in [2.75, 3.05) is 6.54 Å². The lowest BCUT2D eigenvalue weighted by Gasteiger charge is -2.39. The standard InChI is InChI=1S/C11H25NOSi/c1-9-10(7-8-12-9)13-14(5,6)11(2,3)4/h9-10,12H,7-8H2,1-6H3. The maximum Gasteiger partial charge on any atom is 0.192 e. The van der Waals surface area contributed by atoms with Gasteiger partial charge in [-0.15, -0.1) is 0 Å². The summed E-state index contributed by atoms with van der Waals surface area (Å²) in [5.41, 5.74) is 0. The molecule has 0 saturated carbocycles. The predicted molar refractivity (Wildman–Crippen MR) is 64.2 cm³/mol. The van der Waals surface area contributed by atoms with Gasteiger partial charge in [0.2, 0.25) is 0 Å². The van der Waals surface area contributed by atoms with Crippen LogP contribution < -0.4 is 5.32 Å². The summed E-state index contributed by atoms with van der Waals surface area (Å²) in [7, 11) is -1.55. The summed E-state index contributed by atoms with van der Waals surface area (Å²) >= 11 is 0. The lowest BCUT2D eigenvalue weighted by atomic mass is 10.2. The molecule has 0 spiro atoms. The Morgan fingerprint density at radius 3 is 2.21 bits per heavy atom. The van der Waals surface area contributed by atoms with Crippen molar-refractivity contribution in [3.63, 3.8) is 0 Å². The molecule has 14 heavy (non-hydrogen) atoms. The van der Waals surface area contributed by atoms with Gasteiger partial charge in [0, 0.05) is 6.04 Å². The van der Waals surface area contributed by atoms with Crippen LogP contribution in [0, 0.1) is 0 Å². The smallest absolute Gasteiger partial charge is 0.192 e. The van der Waals surface area contributed by atoms with Crippen molar-refractivity contribution in [3.05, 3.63) is 0 Å². The monoisotopic (exact) mass is 215 g/mol. The van der Waals surface area contributed by atoms with Crippen LogP contribution in [0.15, 0.2) is 0 Å². The van der Waals surface area contributed by atoms with Crippen LogP contribution in [-0.2, 0) is 4.43 Å². The summed E-state index contributed by atoms with van der Waals surface area (Å²) in [6, 6.07) is 0.532. The second kappa shape index (κ2) is 3.95. The molecule has 1 heterocycles. The van der Waals surface area contributed by atoms with Gasteiger partial charge < -0.3 is 9.74 Å². The molecule has 84 valence electrons. The summed E-state index contributed by atoms with van der Waals surface area (Å²) in [5, 5.41) is 3.77. The minimum Gasteiger partial charge on any atom is -0.412 e. The third-order valence-corrected chi connectivity index (χ3v) is 8.21. The highest BCUT2D eigenvalue weighted by molar-refractivity contribution is 6.74. The maximum absolute atomic E-state index is 6.35. The molecule has 1 N–H and O–H groups in total. The van der Waals surface area contributed by atoms with Crippen LogP contribution in [0.25, 0.3) is 0 Å². The molecule has 3 heteroatoms. The van der Waals surface area contributed by atoms with E-state index in [4.69, 9.17) is 4.43 Å². The Hall–Kier alpha value is 0.137. The minimum absolute atomic E-state index is 0.329. The summed E-state index contributed by atoms with van der Waals surface area (Å²) in [5.74, 6) is 0. The average Bonchev–Trinajstić information content (AvgIpc) is 2.33. The van der Waals surface area contributed by atoms with E-state index in [1.807, 2.05) is 0 Å². The van der Waals surface area contributed by atoms with Gasteiger partial charge in [-0.1, -0.05) is 20.8 Å². The molecule has 1 aliphatic heterocycles. The van der Waals surface area contributed by atoms with Crippen LogP contribution in [0.3, 0.4) is 0 Å². The van der Waals surface area contributed by atoms with Crippen molar-refractivity contribution in [1.29, 1.82) is 0 Å². The van der Waals surface area contributed by atoms with Crippen molar-refractivity contribution < 1.29 is 4.43 Å². The Labute approximate surface area is 89.6 Å². The fraction of sp³-hybridized carbons (Fsp3) is 1.00.